The molecule has 44 heavy (non-hydrogen) atoms. The summed E-state index contributed by atoms with van der Waals surface area (Å²) in [5.74, 6) is -3.46. The number of nitrogens with zero attached hydrogens (tertiary/aromatic N) is 2. The number of anilines is 1. The fourth-order valence-electron chi connectivity index (χ4n) is 3.46. The quantitative estimate of drug-likeness (QED) is 0.0782. The third-order valence-electron chi connectivity index (χ3n) is 5.30. The largest absolute Gasteiger partial charge is 0.476 e. The number of carbonyl (C=O) groups is 5. The Morgan fingerprint density at radius 2 is 1.64 bits per heavy atom. The highest BCUT2D eigenvalue weighted by atomic mass is 32.1. The van der Waals surface area contributed by atoms with E-state index in [0.717, 1.165) is 11.3 Å². The third kappa shape index (κ3) is 10.5. The molecule has 0 saturated carbocycles. The maximum absolute atomic E-state index is 13.4. The first-order chi connectivity index (χ1) is 21.0. The van der Waals surface area contributed by atoms with Crippen molar-refractivity contribution in [2.45, 2.75) is 38.5 Å². The van der Waals surface area contributed by atoms with E-state index in [1.54, 1.807) is 69.3 Å². The summed E-state index contributed by atoms with van der Waals surface area (Å²) >= 11 is 0.949. The fourth-order valence-corrected chi connectivity index (χ4v) is 4.12. The highest BCUT2D eigenvalue weighted by Crippen LogP contribution is 2.26. The molecule has 1 aromatic heterocycles. The van der Waals surface area contributed by atoms with Crippen LogP contribution in [0.5, 0.6) is 0 Å². The van der Waals surface area contributed by atoms with Crippen molar-refractivity contribution in [1.82, 2.24) is 10.3 Å². The molecular weight excluding hydrogens is 596 g/mol. The second kappa shape index (κ2) is 15.8. The van der Waals surface area contributed by atoms with Crippen LogP contribution in [0, 0.1) is 0 Å². The minimum Gasteiger partial charge on any atom is -0.476 e. The molecule has 14 nitrogen and oxygen atoms in total. The van der Waals surface area contributed by atoms with Gasteiger partial charge in [0.2, 0.25) is 18.7 Å². The van der Waals surface area contributed by atoms with E-state index in [-0.39, 0.29) is 10.8 Å². The zero-order valence-corrected chi connectivity index (χ0v) is 24.7. The number of hydrogen-bond acceptors (Lipinski definition) is 12. The molecule has 3 rings (SSSR count). The number of nitrogens with one attached hydrogen (secondary N) is 2. The average Bonchev–Trinajstić information content (AvgIpc) is 3.44. The number of hydrogen-bond donors (Lipinski definition) is 3. The van der Waals surface area contributed by atoms with E-state index >= 15 is 0 Å². The Kier molecular flexibility index (Phi) is 11.9. The lowest BCUT2D eigenvalue weighted by molar-refractivity contribution is -0.157. The molecule has 1 unspecified atom stereocenters. The number of carboxylic acids is 1. The Balaban J connectivity index is 1.71. The molecule has 0 bridgehead atoms. The van der Waals surface area contributed by atoms with E-state index < -0.39 is 60.7 Å². The molecule has 0 spiro atoms. The molecule has 232 valence electrons. The number of amides is 2. The monoisotopic (exact) mass is 626 g/mol. The molecule has 0 aliphatic carbocycles. The van der Waals surface area contributed by atoms with Crippen molar-refractivity contribution in [3.05, 3.63) is 82.9 Å². The second-order valence-electron chi connectivity index (χ2n) is 9.84. The van der Waals surface area contributed by atoms with Gasteiger partial charge in [-0.05, 0) is 31.9 Å². The van der Waals surface area contributed by atoms with Crippen LogP contribution in [0.4, 0.5) is 9.93 Å². The van der Waals surface area contributed by atoms with Crippen LogP contribution in [0.25, 0.3) is 0 Å². The van der Waals surface area contributed by atoms with Gasteiger partial charge in [0, 0.05) is 5.38 Å². The van der Waals surface area contributed by atoms with Crippen LogP contribution in [-0.4, -0.2) is 71.1 Å². The number of aromatic nitrogens is 1. The first-order valence-electron chi connectivity index (χ1n) is 13.0. The van der Waals surface area contributed by atoms with Gasteiger partial charge < -0.3 is 34.8 Å². The molecule has 1 heterocycles. The number of aliphatic carboxylic acids is 1. The number of oxime groups is 1. The Hall–Kier alpha value is -5.31. The van der Waals surface area contributed by atoms with Crippen molar-refractivity contribution in [1.29, 1.82) is 0 Å². The van der Waals surface area contributed by atoms with Crippen LogP contribution < -0.4 is 10.6 Å². The minimum absolute atomic E-state index is 0.115. The maximum atomic E-state index is 13.4. The van der Waals surface area contributed by atoms with E-state index in [0.29, 0.717) is 17.5 Å². The lowest BCUT2D eigenvalue weighted by Gasteiger charge is -2.25. The van der Waals surface area contributed by atoms with Crippen LogP contribution in [0.3, 0.4) is 0 Å². The summed E-state index contributed by atoms with van der Waals surface area (Å²) < 4.78 is 16.2. The molecule has 0 aliphatic heterocycles. The van der Waals surface area contributed by atoms with E-state index in [9.17, 15) is 29.1 Å². The molecular formula is C29H30N4O10S. The lowest BCUT2D eigenvalue weighted by atomic mass is 10.0. The predicted octanol–water partition coefficient (Wildman–Crippen LogP) is 3.29. The Labute approximate surface area is 256 Å². The predicted molar refractivity (Wildman–Crippen MR) is 157 cm³/mol. The van der Waals surface area contributed by atoms with E-state index in [4.69, 9.17) is 19.0 Å². The summed E-state index contributed by atoms with van der Waals surface area (Å²) in [6.45, 7) is 3.39. The van der Waals surface area contributed by atoms with Gasteiger partial charge in [-0.15, -0.1) is 11.3 Å². The minimum atomic E-state index is -1.50. The van der Waals surface area contributed by atoms with Crippen LogP contribution in [0.15, 0.2) is 71.2 Å². The highest BCUT2D eigenvalue weighted by Gasteiger charge is 2.30. The zero-order valence-electron chi connectivity index (χ0n) is 23.9. The molecule has 3 aromatic rings. The average molecular weight is 627 g/mol. The summed E-state index contributed by atoms with van der Waals surface area (Å²) in [6, 6.07) is 16.4. The molecule has 2 aromatic carbocycles. The third-order valence-corrected chi connectivity index (χ3v) is 6.07. The van der Waals surface area contributed by atoms with Crippen molar-refractivity contribution in [3.63, 3.8) is 0 Å². The molecule has 3 N–H and O–H groups in total. The van der Waals surface area contributed by atoms with E-state index in [1.807, 2.05) is 12.1 Å². The van der Waals surface area contributed by atoms with Gasteiger partial charge in [0.05, 0.1) is 0 Å². The van der Waals surface area contributed by atoms with Gasteiger partial charge in [-0.2, -0.15) is 0 Å². The smallest absolute Gasteiger partial charge is 0.408 e. The van der Waals surface area contributed by atoms with Gasteiger partial charge in [-0.25, -0.2) is 24.2 Å². The maximum Gasteiger partial charge on any atom is 0.408 e. The Morgan fingerprint density at radius 1 is 1.02 bits per heavy atom. The highest BCUT2D eigenvalue weighted by molar-refractivity contribution is 7.14. The molecule has 0 fully saturated rings. The van der Waals surface area contributed by atoms with Crippen molar-refractivity contribution in [3.8, 4) is 0 Å². The number of carbonyl (C=O) groups excluding carboxylic acids is 4. The number of rotatable bonds is 14. The lowest BCUT2D eigenvalue weighted by Crippen LogP contribution is -2.47. The summed E-state index contributed by atoms with van der Waals surface area (Å²) in [5, 5.41) is 18.9. The first kappa shape index (κ1) is 33.2. The van der Waals surface area contributed by atoms with Crippen molar-refractivity contribution in [2.24, 2.45) is 5.16 Å². The van der Waals surface area contributed by atoms with Gasteiger partial charge in [-0.1, -0.05) is 65.8 Å². The van der Waals surface area contributed by atoms with Crippen molar-refractivity contribution < 1.29 is 48.1 Å². The molecule has 1 atom stereocenters. The SMILES string of the molecule is CC(C)(C)OC(=O)NC(COC(=O)CO/N=C(/C(=O)O)c1csc(NC=O)n1)C(=O)OC(c1ccccc1)c1ccccc1. The standard InChI is InChI=1S/C29H30N4O10S/c1-29(2,3)43-28(39)32-20(26(38)42-24(18-10-6-4-7-11-18)19-12-8-5-9-13-19)14-40-22(35)15-41-33-23(25(36)37)21-16-44-27(31-21)30-17-34/h4-13,16-17,20,24H,14-15H2,1-3H3,(H,32,39)(H,36,37)(H,30,31,34)/b33-23+. The fraction of sp³-hybridized carbons (Fsp3) is 0.276. The number of thiazole rings is 1. The molecule has 0 aliphatic rings. The number of esters is 2. The van der Waals surface area contributed by atoms with Crippen LogP contribution in [0.1, 0.15) is 43.7 Å². The molecule has 2 amide bonds. The number of alkyl carbamates (subject to hydrolysis) is 1. The summed E-state index contributed by atoms with van der Waals surface area (Å²) in [6.07, 6.45) is -1.43. The van der Waals surface area contributed by atoms with Gasteiger partial charge in [0.25, 0.3) is 0 Å². The normalized spacial score (nSPS) is 12.0. The summed E-state index contributed by atoms with van der Waals surface area (Å²) in [7, 11) is 0. The molecule has 0 radical (unpaired) electrons. The topological polar surface area (TPSA) is 192 Å². The van der Waals surface area contributed by atoms with Gasteiger partial charge in [-0.3, -0.25) is 4.79 Å². The Morgan fingerprint density at radius 3 is 2.18 bits per heavy atom. The number of carboxylic acid groups (broad SMARTS) is 1. The van der Waals surface area contributed by atoms with Crippen LogP contribution >= 0.6 is 11.3 Å². The Bertz CT molecular complexity index is 1430. The van der Waals surface area contributed by atoms with E-state index in [2.05, 4.69) is 20.8 Å². The summed E-state index contributed by atoms with van der Waals surface area (Å²) in [5.41, 5.74) is -0.310. The van der Waals surface area contributed by atoms with Gasteiger partial charge in [0.1, 0.15) is 17.9 Å². The molecule has 15 heteroatoms. The van der Waals surface area contributed by atoms with Crippen molar-refractivity contribution in [2.75, 3.05) is 18.5 Å². The number of ether oxygens (including phenoxy) is 3. The van der Waals surface area contributed by atoms with E-state index in [1.165, 1.54) is 5.38 Å². The first-order valence-corrected chi connectivity index (χ1v) is 13.9. The summed E-state index contributed by atoms with van der Waals surface area (Å²) in [4.78, 5) is 69.1. The van der Waals surface area contributed by atoms with Crippen LogP contribution in [-0.2, 0) is 38.2 Å². The van der Waals surface area contributed by atoms with Gasteiger partial charge in [0.15, 0.2) is 17.3 Å². The van der Waals surface area contributed by atoms with Crippen LogP contribution in [0.2, 0.25) is 0 Å². The second-order valence-corrected chi connectivity index (χ2v) is 10.7. The van der Waals surface area contributed by atoms with Crippen molar-refractivity contribution >= 4 is 52.6 Å². The zero-order chi connectivity index (χ0) is 32.1. The molecule has 0 saturated heterocycles. The number of benzene rings is 2. The van der Waals surface area contributed by atoms with Gasteiger partial charge >= 0.3 is 24.0 Å².